The minimum absolute atomic E-state index is 0.318. The molecule has 0 amide bonds. The molecule has 0 unspecified atom stereocenters. The first-order valence-corrected chi connectivity index (χ1v) is 3.84. The van der Waals surface area contributed by atoms with Crippen molar-refractivity contribution >= 4 is 0 Å². The Morgan fingerprint density at radius 2 is 2.18 bits per heavy atom. The Bertz CT molecular complexity index is 240. The lowest BCUT2D eigenvalue weighted by molar-refractivity contribution is 0.458. The van der Waals surface area contributed by atoms with Crippen molar-refractivity contribution in [1.82, 2.24) is 10.2 Å². The van der Waals surface area contributed by atoms with Crippen LogP contribution in [0.2, 0.25) is 0 Å². The van der Waals surface area contributed by atoms with E-state index in [0.717, 1.165) is 17.8 Å². The molecular formula is C8H14N2O. The van der Waals surface area contributed by atoms with Crippen LogP contribution in [0.1, 0.15) is 25.2 Å². The third-order valence-corrected chi connectivity index (χ3v) is 1.59. The highest BCUT2D eigenvalue weighted by atomic mass is 16.3. The Labute approximate surface area is 66.4 Å². The molecule has 0 saturated heterocycles. The van der Waals surface area contributed by atoms with E-state index in [4.69, 9.17) is 0 Å². The fraction of sp³-hybridized carbons (Fsp3) is 0.625. The van der Waals surface area contributed by atoms with Crippen LogP contribution in [-0.2, 0) is 6.42 Å². The van der Waals surface area contributed by atoms with Crippen molar-refractivity contribution < 1.29 is 5.11 Å². The van der Waals surface area contributed by atoms with E-state index in [1.54, 1.807) is 0 Å². The third kappa shape index (κ3) is 1.73. The van der Waals surface area contributed by atoms with Gasteiger partial charge in [-0.1, -0.05) is 13.8 Å². The molecule has 62 valence electrons. The van der Waals surface area contributed by atoms with E-state index >= 15 is 0 Å². The average molecular weight is 154 g/mol. The Morgan fingerprint density at radius 1 is 1.55 bits per heavy atom. The first kappa shape index (κ1) is 8.11. The van der Waals surface area contributed by atoms with Crippen LogP contribution in [0.25, 0.3) is 0 Å². The van der Waals surface area contributed by atoms with Crippen LogP contribution >= 0.6 is 0 Å². The first-order valence-electron chi connectivity index (χ1n) is 3.84. The smallest absolute Gasteiger partial charge is 0.159 e. The van der Waals surface area contributed by atoms with Crippen LogP contribution in [0, 0.1) is 12.8 Å². The largest absolute Gasteiger partial charge is 0.504 e. The lowest BCUT2D eigenvalue weighted by Gasteiger charge is -1.99. The highest BCUT2D eigenvalue weighted by molar-refractivity contribution is 5.30. The van der Waals surface area contributed by atoms with Crippen LogP contribution < -0.4 is 0 Å². The van der Waals surface area contributed by atoms with E-state index in [1.165, 1.54) is 0 Å². The lowest BCUT2D eigenvalue weighted by atomic mass is 10.1. The molecule has 0 atom stereocenters. The number of aryl methyl sites for hydroxylation is 1. The number of aromatic hydroxyl groups is 1. The van der Waals surface area contributed by atoms with Crippen molar-refractivity contribution in [3.63, 3.8) is 0 Å². The molecule has 0 aliphatic heterocycles. The summed E-state index contributed by atoms with van der Waals surface area (Å²) in [4.78, 5) is 0. The van der Waals surface area contributed by atoms with E-state index < -0.39 is 0 Å². The fourth-order valence-corrected chi connectivity index (χ4v) is 1.00. The number of aromatic nitrogens is 2. The number of nitrogens with one attached hydrogen (secondary N) is 1. The number of hydrogen-bond donors (Lipinski definition) is 2. The SMILES string of the molecule is Cc1[nH]nc(CC(C)C)c1O. The second-order valence-electron chi connectivity index (χ2n) is 3.24. The number of aromatic amines is 1. The average Bonchev–Trinajstić information content (AvgIpc) is 2.18. The Morgan fingerprint density at radius 3 is 2.55 bits per heavy atom. The molecule has 0 aromatic carbocycles. The summed E-state index contributed by atoms with van der Waals surface area (Å²) >= 11 is 0. The van der Waals surface area contributed by atoms with Gasteiger partial charge in [-0.05, 0) is 19.3 Å². The Balaban J connectivity index is 2.79. The number of nitrogens with zero attached hydrogens (tertiary/aromatic N) is 1. The van der Waals surface area contributed by atoms with Crippen molar-refractivity contribution in [3.8, 4) is 5.75 Å². The van der Waals surface area contributed by atoms with Gasteiger partial charge in [0, 0.05) is 0 Å². The van der Waals surface area contributed by atoms with Crippen LogP contribution in [0.4, 0.5) is 0 Å². The van der Waals surface area contributed by atoms with Gasteiger partial charge < -0.3 is 5.11 Å². The highest BCUT2D eigenvalue weighted by Crippen LogP contribution is 2.20. The standard InChI is InChI=1S/C8H14N2O/c1-5(2)4-7-8(11)6(3)9-10-7/h5,11H,4H2,1-3H3,(H,9,10). The molecule has 1 heterocycles. The molecule has 3 nitrogen and oxygen atoms in total. The lowest BCUT2D eigenvalue weighted by Crippen LogP contribution is -1.94. The van der Waals surface area contributed by atoms with Gasteiger partial charge in [-0.25, -0.2) is 0 Å². The first-order chi connectivity index (χ1) is 5.11. The summed E-state index contributed by atoms with van der Waals surface area (Å²) in [6, 6.07) is 0. The van der Waals surface area contributed by atoms with Crippen molar-refractivity contribution in [1.29, 1.82) is 0 Å². The molecular weight excluding hydrogens is 140 g/mol. The van der Waals surface area contributed by atoms with Crippen molar-refractivity contribution in [2.24, 2.45) is 5.92 Å². The summed E-state index contributed by atoms with van der Waals surface area (Å²) in [6.45, 7) is 6.01. The molecule has 1 aromatic heterocycles. The molecule has 3 heteroatoms. The molecule has 0 aliphatic carbocycles. The second kappa shape index (κ2) is 2.95. The maximum atomic E-state index is 9.39. The zero-order valence-electron chi connectivity index (χ0n) is 7.18. The van der Waals surface area contributed by atoms with Crippen LogP contribution in [-0.4, -0.2) is 15.3 Å². The number of H-pyrrole nitrogens is 1. The predicted octanol–water partition coefficient (Wildman–Crippen LogP) is 1.62. The van der Waals surface area contributed by atoms with Gasteiger partial charge in [0.2, 0.25) is 0 Å². The van der Waals surface area contributed by atoms with Gasteiger partial charge in [0.05, 0.1) is 5.69 Å². The van der Waals surface area contributed by atoms with Gasteiger partial charge in [0.1, 0.15) is 5.69 Å². The van der Waals surface area contributed by atoms with E-state index in [9.17, 15) is 5.11 Å². The van der Waals surface area contributed by atoms with Crippen molar-refractivity contribution in [2.75, 3.05) is 0 Å². The molecule has 0 fully saturated rings. The molecule has 1 aromatic rings. The van der Waals surface area contributed by atoms with Gasteiger partial charge in [0.15, 0.2) is 5.75 Å². The number of hydrogen-bond acceptors (Lipinski definition) is 2. The quantitative estimate of drug-likeness (QED) is 0.680. The van der Waals surface area contributed by atoms with Crippen LogP contribution in [0.5, 0.6) is 5.75 Å². The molecule has 2 N–H and O–H groups in total. The minimum atomic E-state index is 0.318. The second-order valence-corrected chi connectivity index (χ2v) is 3.24. The number of rotatable bonds is 2. The molecule has 1 rings (SSSR count). The summed E-state index contributed by atoms with van der Waals surface area (Å²) in [5, 5.41) is 16.1. The van der Waals surface area contributed by atoms with E-state index in [0.29, 0.717) is 11.7 Å². The molecule has 0 bridgehead atoms. The predicted molar refractivity (Wildman–Crippen MR) is 43.5 cm³/mol. The highest BCUT2D eigenvalue weighted by Gasteiger charge is 2.09. The maximum absolute atomic E-state index is 9.39. The summed E-state index contributed by atoms with van der Waals surface area (Å²) in [5.74, 6) is 0.849. The molecule has 11 heavy (non-hydrogen) atoms. The van der Waals surface area contributed by atoms with Gasteiger partial charge in [-0.2, -0.15) is 5.10 Å². The van der Waals surface area contributed by atoms with Crippen molar-refractivity contribution in [2.45, 2.75) is 27.2 Å². The molecule has 0 saturated carbocycles. The van der Waals surface area contributed by atoms with Gasteiger partial charge in [-0.3, -0.25) is 5.10 Å². The maximum Gasteiger partial charge on any atom is 0.159 e. The Kier molecular flexibility index (Phi) is 2.17. The summed E-state index contributed by atoms with van der Waals surface area (Å²) < 4.78 is 0. The van der Waals surface area contributed by atoms with E-state index in [-0.39, 0.29) is 0 Å². The zero-order chi connectivity index (χ0) is 8.43. The van der Waals surface area contributed by atoms with Gasteiger partial charge >= 0.3 is 0 Å². The summed E-state index contributed by atoms with van der Waals surface area (Å²) in [5.41, 5.74) is 1.53. The van der Waals surface area contributed by atoms with Gasteiger partial charge in [-0.15, -0.1) is 0 Å². The molecule has 0 radical (unpaired) electrons. The van der Waals surface area contributed by atoms with Crippen molar-refractivity contribution in [3.05, 3.63) is 11.4 Å². The molecule has 0 aliphatic rings. The summed E-state index contributed by atoms with van der Waals surface area (Å²) in [7, 11) is 0. The Hall–Kier alpha value is -0.990. The van der Waals surface area contributed by atoms with Crippen LogP contribution in [0.15, 0.2) is 0 Å². The fourth-order valence-electron chi connectivity index (χ4n) is 1.00. The third-order valence-electron chi connectivity index (χ3n) is 1.59. The van der Waals surface area contributed by atoms with Gasteiger partial charge in [0.25, 0.3) is 0 Å². The molecule has 0 spiro atoms. The minimum Gasteiger partial charge on any atom is -0.504 e. The topological polar surface area (TPSA) is 48.9 Å². The zero-order valence-corrected chi connectivity index (χ0v) is 7.18. The van der Waals surface area contributed by atoms with E-state index in [2.05, 4.69) is 24.0 Å². The summed E-state index contributed by atoms with van der Waals surface area (Å²) in [6.07, 6.45) is 0.830. The van der Waals surface area contributed by atoms with E-state index in [1.807, 2.05) is 6.92 Å². The normalized spacial score (nSPS) is 10.9. The monoisotopic (exact) mass is 154 g/mol. The van der Waals surface area contributed by atoms with Crippen LogP contribution in [0.3, 0.4) is 0 Å².